The molecule has 0 bridgehead atoms. The van der Waals surface area contributed by atoms with E-state index in [1.54, 1.807) is 4.68 Å². The molecule has 1 saturated heterocycles. The molecule has 2 heterocycles. The molecular weight excluding hydrogens is 342 g/mol. The molecule has 0 aliphatic carbocycles. The number of amides is 2. The average Bonchev–Trinajstić information content (AvgIpc) is 2.92. The number of aryl methyl sites for hydroxylation is 1. The highest BCUT2D eigenvalue weighted by molar-refractivity contribution is 5.93. The smallest absolute Gasteiger partial charge is 0.273 e. The highest BCUT2D eigenvalue weighted by Crippen LogP contribution is 2.13. The number of aromatic nitrogens is 3. The molecule has 1 N–H and O–H groups in total. The number of carbonyl (C=O) groups is 2. The van der Waals surface area contributed by atoms with Crippen LogP contribution in [0.3, 0.4) is 0 Å². The van der Waals surface area contributed by atoms with Gasteiger partial charge in [-0.1, -0.05) is 29.3 Å². The van der Waals surface area contributed by atoms with Crippen LogP contribution in [0.25, 0.3) is 5.69 Å². The molecule has 2 amide bonds. The van der Waals surface area contributed by atoms with E-state index in [9.17, 15) is 9.59 Å². The van der Waals surface area contributed by atoms with E-state index in [2.05, 4.69) is 15.6 Å². The Hall–Kier alpha value is -2.70. The van der Waals surface area contributed by atoms with Gasteiger partial charge in [-0.25, -0.2) is 4.68 Å². The third-order valence-corrected chi connectivity index (χ3v) is 4.95. The molecular formula is C20H27N5O2. The molecule has 2 aromatic rings. The molecule has 7 nitrogen and oxygen atoms in total. The van der Waals surface area contributed by atoms with Crippen LogP contribution in [0.1, 0.15) is 53.8 Å². The SMILES string of the molecule is Cc1ccc(-n2nnc(C(=O)NCCCN3CCCCCC3=O)c2C)cc1. The number of nitrogens with zero attached hydrogens (tertiary/aromatic N) is 4. The van der Waals surface area contributed by atoms with Gasteiger partial charge in [0.05, 0.1) is 11.4 Å². The van der Waals surface area contributed by atoms with Crippen LogP contribution >= 0.6 is 0 Å². The van der Waals surface area contributed by atoms with Crippen molar-refractivity contribution in [3.05, 3.63) is 41.2 Å². The molecule has 0 saturated carbocycles. The third-order valence-electron chi connectivity index (χ3n) is 4.95. The zero-order valence-corrected chi connectivity index (χ0v) is 16.1. The summed E-state index contributed by atoms with van der Waals surface area (Å²) in [6.45, 7) is 5.89. The zero-order valence-electron chi connectivity index (χ0n) is 16.1. The highest BCUT2D eigenvalue weighted by Gasteiger charge is 2.18. The summed E-state index contributed by atoms with van der Waals surface area (Å²) in [5.74, 6) is 0.00349. The van der Waals surface area contributed by atoms with Crippen LogP contribution in [-0.4, -0.2) is 51.3 Å². The first-order valence-corrected chi connectivity index (χ1v) is 9.61. The molecule has 1 aromatic heterocycles. The largest absolute Gasteiger partial charge is 0.351 e. The molecule has 0 radical (unpaired) electrons. The fourth-order valence-corrected chi connectivity index (χ4v) is 3.30. The van der Waals surface area contributed by atoms with E-state index in [4.69, 9.17) is 0 Å². The van der Waals surface area contributed by atoms with Gasteiger partial charge in [0.25, 0.3) is 5.91 Å². The van der Waals surface area contributed by atoms with Crippen LogP contribution < -0.4 is 5.32 Å². The predicted molar refractivity (Wildman–Crippen MR) is 103 cm³/mol. The molecule has 0 spiro atoms. The molecule has 1 aromatic carbocycles. The van der Waals surface area contributed by atoms with Gasteiger partial charge in [0.15, 0.2) is 5.69 Å². The van der Waals surface area contributed by atoms with Crippen molar-refractivity contribution in [1.29, 1.82) is 0 Å². The first-order chi connectivity index (χ1) is 13.1. The number of likely N-dealkylation sites (tertiary alicyclic amines) is 1. The van der Waals surface area contributed by atoms with Crippen molar-refractivity contribution in [1.82, 2.24) is 25.2 Å². The predicted octanol–water partition coefficient (Wildman–Crippen LogP) is 2.41. The van der Waals surface area contributed by atoms with E-state index in [1.807, 2.05) is 43.0 Å². The number of benzene rings is 1. The van der Waals surface area contributed by atoms with E-state index in [0.717, 1.165) is 43.5 Å². The summed E-state index contributed by atoms with van der Waals surface area (Å²) in [6, 6.07) is 7.91. The Morgan fingerprint density at radius 2 is 1.93 bits per heavy atom. The third kappa shape index (κ3) is 4.72. The minimum atomic E-state index is -0.229. The monoisotopic (exact) mass is 369 g/mol. The van der Waals surface area contributed by atoms with Crippen molar-refractivity contribution < 1.29 is 9.59 Å². The lowest BCUT2D eigenvalue weighted by Gasteiger charge is -2.20. The Balaban J connectivity index is 1.52. The maximum atomic E-state index is 12.4. The lowest BCUT2D eigenvalue weighted by Crippen LogP contribution is -2.34. The van der Waals surface area contributed by atoms with Crippen LogP contribution in [0.15, 0.2) is 24.3 Å². The van der Waals surface area contributed by atoms with Crippen molar-refractivity contribution in [3.8, 4) is 5.69 Å². The van der Waals surface area contributed by atoms with Crippen molar-refractivity contribution in [2.24, 2.45) is 0 Å². The Kier molecular flexibility index (Phi) is 6.21. The van der Waals surface area contributed by atoms with Crippen LogP contribution in [0, 0.1) is 13.8 Å². The van der Waals surface area contributed by atoms with E-state index in [1.165, 1.54) is 0 Å². The molecule has 3 rings (SSSR count). The second-order valence-electron chi connectivity index (χ2n) is 7.07. The standard InChI is InChI=1S/C20H27N5O2/c1-15-8-10-17(11-9-15)25-16(2)19(22-23-25)20(27)21-12-6-14-24-13-5-3-4-7-18(24)26/h8-11H,3-7,12-14H2,1-2H3,(H,21,27). The lowest BCUT2D eigenvalue weighted by atomic mass is 10.2. The average molecular weight is 369 g/mol. The number of hydrogen-bond donors (Lipinski definition) is 1. The fraction of sp³-hybridized carbons (Fsp3) is 0.500. The van der Waals surface area contributed by atoms with Gasteiger partial charge < -0.3 is 10.2 Å². The van der Waals surface area contributed by atoms with E-state index in [-0.39, 0.29) is 11.8 Å². The summed E-state index contributed by atoms with van der Waals surface area (Å²) in [5, 5.41) is 11.0. The lowest BCUT2D eigenvalue weighted by molar-refractivity contribution is -0.130. The van der Waals surface area contributed by atoms with Gasteiger partial charge in [-0.3, -0.25) is 9.59 Å². The van der Waals surface area contributed by atoms with Crippen LogP contribution in [0.5, 0.6) is 0 Å². The van der Waals surface area contributed by atoms with E-state index in [0.29, 0.717) is 30.9 Å². The summed E-state index contributed by atoms with van der Waals surface area (Å²) in [7, 11) is 0. The second-order valence-corrected chi connectivity index (χ2v) is 7.07. The topological polar surface area (TPSA) is 80.1 Å². The number of nitrogens with one attached hydrogen (secondary N) is 1. The molecule has 144 valence electrons. The molecule has 7 heteroatoms. The minimum Gasteiger partial charge on any atom is -0.351 e. The van der Waals surface area contributed by atoms with Crippen molar-refractivity contribution in [3.63, 3.8) is 0 Å². The fourth-order valence-electron chi connectivity index (χ4n) is 3.30. The van der Waals surface area contributed by atoms with Crippen molar-refractivity contribution in [2.75, 3.05) is 19.6 Å². The van der Waals surface area contributed by atoms with Gasteiger partial charge in [0.2, 0.25) is 5.91 Å². The van der Waals surface area contributed by atoms with E-state index < -0.39 is 0 Å². The Labute approximate surface area is 159 Å². The normalized spacial score (nSPS) is 14.9. The summed E-state index contributed by atoms with van der Waals surface area (Å²) in [4.78, 5) is 26.3. The molecule has 1 fully saturated rings. The van der Waals surface area contributed by atoms with Gasteiger partial charge in [0, 0.05) is 26.1 Å². The maximum Gasteiger partial charge on any atom is 0.273 e. The van der Waals surface area contributed by atoms with Gasteiger partial charge in [-0.15, -0.1) is 5.10 Å². The molecule has 27 heavy (non-hydrogen) atoms. The summed E-state index contributed by atoms with van der Waals surface area (Å²) in [5.41, 5.74) is 3.09. The zero-order chi connectivity index (χ0) is 19.2. The maximum absolute atomic E-state index is 12.4. The minimum absolute atomic E-state index is 0.229. The Morgan fingerprint density at radius 3 is 2.70 bits per heavy atom. The number of rotatable bonds is 6. The molecule has 0 atom stereocenters. The summed E-state index contributed by atoms with van der Waals surface area (Å²) in [6.07, 6.45) is 4.56. The Bertz CT molecular complexity index is 797. The quantitative estimate of drug-likeness (QED) is 0.793. The first-order valence-electron chi connectivity index (χ1n) is 9.61. The molecule has 1 aliphatic heterocycles. The van der Waals surface area contributed by atoms with E-state index >= 15 is 0 Å². The van der Waals surface area contributed by atoms with Gasteiger partial charge in [-0.05, 0) is 45.2 Å². The van der Waals surface area contributed by atoms with Crippen molar-refractivity contribution in [2.45, 2.75) is 46.0 Å². The van der Waals surface area contributed by atoms with Crippen LogP contribution in [0.2, 0.25) is 0 Å². The summed E-state index contributed by atoms with van der Waals surface area (Å²) < 4.78 is 1.67. The molecule has 0 unspecified atom stereocenters. The van der Waals surface area contributed by atoms with Gasteiger partial charge >= 0.3 is 0 Å². The highest BCUT2D eigenvalue weighted by atomic mass is 16.2. The first kappa shape index (κ1) is 19.1. The van der Waals surface area contributed by atoms with Crippen LogP contribution in [0.4, 0.5) is 0 Å². The summed E-state index contributed by atoms with van der Waals surface area (Å²) >= 11 is 0. The number of carbonyl (C=O) groups excluding carboxylic acids is 2. The second kappa shape index (κ2) is 8.79. The molecule has 1 aliphatic rings. The van der Waals surface area contributed by atoms with Gasteiger partial charge in [-0.2, -0.15) is 0 Å². The number of hydrogen-bond acceptors (Lipinski definition) is 4. The Morgan fingerprint density at radius 1 is 1.15 bits per heavy atom. The van der Waals surface area contributed by atoms with Crippen molar-refractivity contribution >= 4 is 11.8 Å². The van der Waals surface area contributed by atoms with Gasteiger partial charge in [0.1, 0.15) is 0 Å². The van der Waals surface area contributed by atoms with Crippen LogP contribution in [-0.2, 0) is 4.79 Å².